The van der Waals surface area contributed by atoms with Crippen LogP contribution in [0.3, 0.4) is 0 Å². The fourth-order valence-electron chi connectivity index (χ4n) is 4.14. The molecule has 186 valence electrons. The zero-order valence-electron chi connectivity index (χ0n) is 19.1. The molecular formula is C25H25F4N3O2S. The molecule has 0 atom stereocenters. The molecule has 2 saturated carbocycles. The fourth-order valence-corrected chi connectivity index (χ4v) is 5.49. The molecule has 1 aromatic heterocycles. The van der Waals surface area contributed by atoms with E-state index >= 15 is 0 Å². The zero-order chi connectivity index (χ0) is 25.4. The molecule has 0 saturated heterocycles. The van der Waals surface area contributed by atoms with E-state index in [0.29, 0.717) is 6.04 Å². The van der Waals surface area contributed by atoms with Crippen molar-refractivity contribution in [2.45, 2.75) is 63.0 Å². The molecular weight excluding hydrogens is 482 g/mol. The number of aromatic nitrogens is 1. The summed E-state index contributed by atoms with van der Waals surface area (Å²) in [5, 5.41) is 9.07. The van der Waals surface area contributed by atoms with Crippen molar-refractivity contribution in [2.24, 2.45) is 0 Å². The monoisotopic (exact) mass is 507 g/mol. The van der Waals surface area contributed by atoms with Crippen molar-refractivity contribution in [2.75, 3.05) is 0 Å². The lowest BCUT2D eigenvalue weighted by Gasteiger charge is -2.28. The van der Waals surface area contributed by atoms with Gasteiger partial charge in [0, 0.05) is 29.7 Å². The molecule has 2 aromatic carbocycles. The molecule has 1 heterocycles. The molecule has 0 radical (unpaired) electrons. The van der Waals surface area contributed by atoms with Crippen LogP contribution in [0.15, 0.2) is 42.6 Å². The first-order chi connectivity index (χ1) is 16.5. The van der Waals surface area contributed by atoms with E-state index in [2.05, 4.69) is 9.29 Å². The van der Waals surface area contributed by atoms with Crippen molar-refractivity contribution in [1.29, 1.82) is 5.26 Å². The predicted octanol–water partition coefficient (Wildman–Crippen LogP) is 5.97. The second kappa shape index (κ2) is 9.63. The molecule has 0 bridgehead atoms. The third-order valence-corrected chi connectivity index (χ3v) is 8.43. The van der Waals surface area contributed by atoms with Crippen molar-refractivity contribution in [3.8, 4) is 6.07 Å². The van der Waals surface area contributed by atoms with Crippen molar-refractivity contribution in [1.82, 2.24) is 9.29 Å². The lowest BCUT2D eigenvalue weighted by Crippen LogP contribution is -2.26. The second-order valence-electron chi connectivity index (χ2n) is 8.96. The Labute approximate surface area is 201 Å². The Morgan fingerprint density at radius 2 is 1.86 bits per heavy atom. The molecule has 3 aromatic rings. The van der Waals surface area contributed by atoms with Crippen molar-refractivity contribution in [3.63, 3.8) is 0 Å². The minimum Gasteiger partial charge on any atom is -0.344 e. The average Bonchev–Trinajstić information content (AvgIpc) is 3.56. The van der Waals surface area contributed by atoms with Gasteiger partial charge in [0.2, 0.25) is 10.0 Å². The van der Waals surface area contributed by atoms with E-state index in [-0.39, 0.29) is 28.7 Å². The lowest BCUT2D eigenvalue weighted by atomic mass is 9.93. The molecule has 0 spiro atoms. The Hall–Kier alpha value is -2.90. The molecule has 2 fully saturated rings. The first-order valence-corrected chi connectivity index (χ1v) is 12.9. The van der Waals surface area contributed by atoms with Crippen LogP contribution in [0.1, 0.15) is 60.4 Å². The highest BCUT2D eigenvalue weighted by Crippen LogP contribution is 2.37. The van der Waals surface area contributed by atoms with Crippen LogP contribution in [0.25, 0.3) is 10.9 Å². The molecule has 5 nitrogen and oxygen atoms in total. The SMILES string of the molecule is Cc1c(C#N)cccc1C(F)(F)F.O=S(=O)(NCc1cn(C2CCC2)c2ccc(F)cc12)C1CC1. The van der Waals surface area contributed by atoms with E-state index in [9.17, 15) is 26.0 Å². The highest BCUT2D eigenvalue weighted by atomic mass is 32.2. The summed E-state index contributed by atoms with van der Waals surface area (Å²) in [5.74, 6) is -0.287. The summed E-state index contributed by atoms with van der Waals surface area (Å²) in [5.41, 5.74) is 1.15. The number of alkyl halides is 3. The predicted molar refractivity (Wildman–Crippen MR) is 124 cm³/mol. The van der Waals surface area contributed by atoms with Gasteiger partial charge in [-0.1, -0.05) is 6.07 Å². The maximum Gasteiger partial charge on any atom is 0.416 e. The van der Waals surface area contributed by atoms with Gasteiger partial charge in [-0.05, 0) is 80.5 Å². The number of nitrogens with one attached hydrogen (secondary N) is 1. The number of halogens is 4. The minimum atomic E-state index is -4.38. The normalized spacial score (nSPS) is 16.3. The van der Waals surface area contributed by atoms with E-state index in [1.54, 1.807) is 12.1 Å². The molecule has 2 aliphatic rings. The van der Waals surface area contributed by atoms with Crippen molar-refractivity contribution in [3.05, 3.63) is 70.7 Å². The molecule has 0 amide bonds. The molecule has 0 unspecified atom stereocenters. The maximum absolute atomic E-state index is 13.6. The number of benzene rings is 2. The summed E-state index contributed by atoms with van der Waals surface area (Å²) in [6, 6.07) is 10.5. The quantitative estimate of drug-likeness (QED) is 0.432. The summed E-state index contributed by atoms with van der Waals surface area (Å²) in [6.45, 7) is 1.53. The lowest BCUT2D eigenvalue weighted by molar-refractivity contribution is -0.138. The number of fused-ring (bicyclic) bond motifs is 1. The second-order valence-corrected chi connectivity index (χ2v) is 11.0. The summed E-state index contributed by atoms with van der Waals surface area (Å²) in [7, 11) is -3.22. The third kappa shape index (κ3) is 5.52. The molecule has 1 N–H and O–H groups in total. The number of hydrogen-bond donors (Lipinski definition) is 1. The van der Waals surface area contributed by atoms with E-state index in [1.807, 2.05) is 6.20 Å². The summed E-state index contributed by atoms with van der Waals surface area (Å²) < 4.78 is 79.2. The Morgan fingerprint density at radius 1 is 1.14 bits per heavy atom. The van der Waals surface area contributed by atoms with Gasteiger partial charge in [-0.2, -0.15) is 18.4 Å². The zero-order valence-corrected chi connectivity index (χ0v) is 19.9. The summed E-state index contributed by atoms with van der Waals surface area (Å²) in [6.07, 6.45) is 2.58. The van der Waals surface area contributed by atoms with Gasteiger partial charge >= 0.3 is 6.18 Å². The van der Waals surface area contributed by atoms with Crippen LogP contribution in [0.4, 0.5) is 17.6 Å². The summed E-state index contributed by atoms with van der Waals surface area (Å²) in [4.78, 5) is 0. The third-order valence-electron chi connectivity index (χ3n) is 6.53. The van der Waals surface area contributed by atoms with Crippen molar-refractivity contribution < 1.29 is 26.0 Å². The number of nitriles is 1. The molecule has 10 heteroatoms. The highest BCUT2D eigenvalue weighted by molar-refractivity contribution is 7.90. The largest absolute Gasteiger partial charge is 0.416 e. The van der Waals surface area contributed by atoms with Gasteiger partial charge in [0.15, 0.2) is 0 Å². The van der Waals surface area contributed by atoms with Crippen LogP contribution in [-0.2, 0) is 22.7 Å². The summed E-state index contributed by atoms with van der Waals surface area (Å²) >= 11 is 0. The van der Waals surface area contributed by atoms with Crippen LogP contribution >= 0.6 is 0 Å². The number of sulfonamides is 1. The van der Waals surface area contributed by atoms with Gasteiger partial charge < -0.3 is 4.57 Å². The minimum absolute atomic E-state index is 0.0162. The van der Waals surface area contributed by atoms with E-state index in [0.717, 1.165) is 48.2 Å². The van der Waals surface area contributed by atoms with Gasteiger partial charge in [-0.15, -0.1) is 0 Å². The Balaban J connectivity index is 0.000000191. The van der Waals surface area contributed by atoms with E-state index in [4.69, 9.17) is 5.26 Å². The van der Waals surface area contributed by atoms with Crippen molar-refractivity contribution >= 4 is 20.9 Å². The van der Waals surface area contributed by atoms with E-state index < -0.39 is 21.8 Å². The van der Waals surface area contributed by atoms with Crippen LogP contribution in [0.5, 0.6) is 0 Å². The highest BCUT2D eigenvalue weighted by Gasteiger charge is 2.35. The van der Waals surface area contributed by atoms with E-state index in [1.165, 1.54) is 37.6 Å². The smallest absolute Gasteiger partial charge is 0.344 e. The van der Waals surface area contributed by atoms with Gasteiger partial charge in [-0.25, -0.2) is 17.5 Å². The van der Waals surface area contributed by atoms with Crippen LogP contribution in [0.2, 0.25) is 0 Å². The molecule has 35 heavy (non-hydrogen) atoms. The molecule has 2 aliphatic carbocycles. The van der Waals surface area contributed by atoms with Gasteiger partial charge in [0.1, 0.15) is 5.82 Å². The number of hydrogen-bond acceptors (Lipinski definition) is 3. The van der Waals surface area contributed by atoms with Gasteiger partial charge in [0.25, 0.3) is 0 Å². The Morgan fingerprint density at radius 3 is 2.43 bits per heavy atom. The van der Waals surface area contributed by atoms with Crippen LogP contribution < -0.4 is 4.72 Å². The Bertz CT molecular complexity index is 1380. The first kappa shape index (κ1) is 25.2. The average molecular weight is 508 g/mol. The fraction of sp³-hybridized carbons (Fsp3) is 0.400. The van der Waals surface area contributed by atoms with Gasteiger partial charge in [-0.3, -0.25) is 0 Å². The maximum atomic E-state index is 13.6. The molecule has 5 rings (SSSR count). The topological polar surface area (TPSA) is 74.9 Å². The first-order valence-electron chi connectivity index (χ1n) is 11.4. The van der Waals surface area contributed by atoms with Crippen LogP contribution in [-0.4, -0.2) is 18.2 Å². The number of nitrogens with zero attached hydrogens (tertiary/aromatic N) is 2. The number of rotatable bonds is 5. The standard InChI is InChI=1S/C16H19FN2O2S.C9H6F3N/c17-12-4-7-16-15(8-12)11(10-19(16)13-2-1-3-13)9-18-22(20,21)14-5-6-14;1-6-7(5-13)3-2-4-8(6)9(10,11)12/h4,7-8,10,13-14,18H,1-3,5-6,9H2;2-4H,1H3. The Kier molecular flexibility index (Phi) is 6.93. The molecule has 0 aliphatic heterocycles. The van der Waals surface area contributed by atoms with Gasteiger partial charge in [0.05, 0.1) is 22.4 Å². The van der Waals surface area contributed by atoms with Crippen LogP contribution in [0, 0.1) is 24.1 Å².